The van der Waals surface area contributed by atoms with Crippen molar-refractivity contribution in [1.82, 2.24) is 10.6 Å². The Labute approximate surface area is 155 Å². The molecule has 140 valence electrons. The molecular formula is C21H29N3O2. The van der Waals surface area contributed by atoms with E-state index >= 15 is 0 Å². The Hall–Kier alpha value is -1.88. The monoisotopic (exact) mass is 355 g/mol. The first-order valence-electron chi connectivity index (χ1n) is 10.1. The molecule has 3 saturated heterocycles. The van der Waals surface area contributed by atoms with E-state index in [2.05, 4.69) is 39.8 Å². The van der Waals surface area contributed by atoms with Gasteiger partial charge in [0.2, 0.25) is 11.8 Å². The van der Waals surface area contributed by atoms with Crippen molar-refractivity contribution >= 4 is 17.5 Å². The fourth-order valence-corrected chi connectivity index (χ4v) is 4.84. The minimum absolute atomic E-state index is 0.154. The van der Waals surface area contributed by atoms with E-state index in [1.807, 2.05) is 0 Å². The normalized spacial score (nSPS) is 28.1. The van der Waals surface area contributed by atoms with E-state index in [0.717, 1.165) is 30.5 Å². The molecule has 0 radical (unpaired) electrons. The summed E-state index contributed by atoms with van der Waals surface area (Å²) in [6.45, 7) is 4.64. The van der Waals surface area contributed by atoms with Gasteiger partial charge in [0.15, 0.2) is 0 Å². The molecule has 5 nitrogen and oxygen atoms in total. The summed E-state index contributed by atoms with van der Waals surface area (Å²) in [5, 5.41) is 6.00. The van der Waals surface area contributed by atoms with Crippen LogP contribution in [0, 0.1) is 11.8 Å². The highest BCUT2D eigenvalue weighted by molar-refractivity contribution is 6.00. The number of anilines is 1. The highest BCUT2D eigenvalue weighted by Gasteiger charge is 2.29. The molecule has 0 aromatic heterocycles. The smallest absolute Gasteiger partial charge is 0.234 e. The lowest BCUT2D eigenvalue weighted by atomic mass is 9.80. The lowest BCUT2D eigenvalue weighted by molar-refractivity contribution is -0.134. The van der Waals surface area contributed by atoms with E-state index in [1.54, 1.807) is 0 Å². The summed E-state index contributed by atoms with van der Waals surface area (Å²) in [4.78, 5) is 25.8. The Kier molecular flexibility index (Phi) is 5.25. The van der Waals surface area contributed by atoms with Crippen LogP contribution in [0.15, 0.2) is 24.3 Å². The molecule has 3 heterocycles. The van der Waals surface area contributed by atoms with Crippen LogP contribution < -0.4 is 15.5 Å². The predicted molar refractivity (Wildman–Crippen MR) is 102 cm³/mol. The summed E-state index contributed by atoms with van der Waals surface area (Å²) < 4.78 is 0. The minimum atomic E-state index is -0.189. The number of hydrogen-bond acceptors (Lipinski definition) is 4. The molecule has 2 N–H and O–H groups in total. The number of carbonyl (C=O) groups is 2. The molecule has 0 saturated carbocycles. The summed E-state index contributed by atoms with van der Waals surface area (Å²) in [6, 6.07) is 8.40. The molecule has 4 rings (SSSR count). The molecule has 0 spiro atoms. The van der Waals surface area contributed by atoms with Crippen molar-refractivity contribution in [1.29, 1.82) is 0 Å². The van der Waals surface area contributed by atoms with Crippen LogP contribution in [0.4, 0.5) is 5.69 Å². The molecule has 3 aliphatic rings. The van der Waals surface area contributed by atoms with Crippen LogP contribution in [0.25, 0.3) is 0 Å². The average molecular weight is 355 g/mol. The first-order valence-corrected chi connectivity index (χ1v) is 10.1. The topological polar surface area (TPSA) is 61.4 Å². The summed E-state index contributed by atoms with van der Waals surface area (Å²) in [5.74, 6) is 1.23. The van der Waals surface area contributed by atoms with Gasteiger partial charge in [0, 0.05) is 25.2 Å². The van der Waals surface area contributed by atoms with Gasteiger partial charge in [-0.3, -0.25) is 14.9 Å². The molecule has 26 heavy (non-hydrogen) atoms. The maximum Gasteiger partial charge on any atom is 0.234 e. The summed E-state index contributed by atoms with van der Waals surface area (Å²) in [6.07, 6.45) is 6.32. The molecule has 0 bridgehead atoms. The zero-order valence-corrected chi connectivity index (χ0v) is 15.4. The number of amides is 2. The second kappa shape index (κ2) is 7.78. The molecule has 1 unspecified atom stereocenters. The number of hydrogen-bond donors (Lipinski definition) is 2. The minimum Gasteiger partial charge on any atom is -0.372 e. The highest BCUT2D eigenvalue weighted by atomic mass is 16.2. The van der Waals surface area contributed by atoms with Crippen LogP contribution in [0.2, 0.25) is 0 Å². The molecule has 1 aromatic carbocycles. The number of carbonyl (C=O) groups excluding carboxylic acids is 2. The SMILES string of the molecule is O=C1CCC(c2ccc(N3CCC([C@@H]4CCCNC4)CC3)cc2)C(=O)N1. The molecule has 3 fully saturated rings. The molecule has 2 atom stereocenters. The van der Waals surface area contributed by atoms with E-state index in [0.29, 0.717) is 12.8 Å². The van der Waals surface area contributed by atoms with E-state index in [1.165, 1.54) is 44.5 Å². The van der Waals surface area contributed by atoms with Gasteiger partial charge in [-0.2, -0.15) is 0 Å². The maximum absolute atomic E-state index is 12.0. The van der Waals surface area contributed by atoms with Gasteiger partial charge in [0.25, 0.3) is 0 Å². The lowest BCUT2D eigenvalue weighted by Gasteiger charge is -2.39. The van der Waals surface area contributed by atoms with E-state index in [9.17, 15) is 9.59 Å². The number of nitrogens with zero attached hydrogens (tertiary/aromatic N) is 1. The Bertz CT molecular complexity index is 644. The van der Waals surface area contributed by atoms with Crippen molar-refractivity contribution in [3.8, 4) is 0 Å². The Balaban J connectivity index is 1.34. The fraction of sp³-hybridized carbons (Fsp3) is 0.619. The van der Waals surface area contributed by atoms with Crippen molar-refractivity contribution in [2.45, 2.75) is 44.4 Å². The van der Waals surface area contributed by atoms with Gasteiger partial charge in [0.05, 0.1) is 5.92 Å². The van der Waals surface area contributed by atoms with Gasteiger partial charge in [-0.25, -0.2) is 0 Å². The average Bonchev–Trinajstić information content (AvgIpc) is 2.69. The quantitative estimate of drug-likeness (QED) is 0.818. The van der Waals surface area contributed by atoms with E-state index < -0.39 is 0 Å². The van der Waals surface area contributed by atoms with Crippen molar-refractivity contribution < 1.29 is 9.59 Å². The van der Waals surface area contributed by atoms with Crippen LogP contribution >= 0.6 is 0 Å². The number of imide groups is 1. The summed E-state index contributed by atoms with van der Waals surface area (Å²) >= 11 is 0. The predicted octanol–water partition coefficient (Wildman–Crippen LogP) is 2.42. The van der Waals surface area contributed by atoms with Crippen LogP contribution in [-0.2, 0) is 9.59 Å². The largest absolute Gasteiger partial charge is 0.372 e. The van der Waals surface area contributed by atoms with Gasteiger partial charge < -0.3 is 10.2 Å². The third kappa shape index (κ3) is 3.78. The van der Waals surface area contributed by atoms with Crippen LogP contribution in [0.3, 0.4) is 0 Å². The zero-order chi connectivity index (χ0) is 17.9. The van der Waals surface area contributed by atoms with Crippen LogP contribution in [0.1, 0.15) is 50.0 Å². The van der Waals surface area contributed by atoms with Crippen molar-refractivity contribution in [2.24, 2.45) is 11.8 Å². The highest BCUT2D eigenvalue weighted by Crippen LogP contribution is 2.32. The zero-order valence-electron chi connectivity index (χ0n) is 15.4. The molecular weight excluding hydrogens is 326 g/mol. The van der Waals surface area contributed by atoms with Crippen molar-refractivity contribution in [3.63, 3.8) is 0 Å². The van der Waals surface area contributed by atoms with Gasteiger partial charge in [0.1, 0.15) is 0 Å². The summed E-state index contributed by atoms with van der Waals surface area (Å²) in [5.41, 5.74) is 2.27. The Morgan fingerprint density at radius 3 is 2.35 bits per heavy atom. The first kappa shape index (κ1) is 17.5. The van der Waals surface area contributed by atoms with Gasteiger partial charge in [-0.1, -0.05) is 12.1 Å². The number of rotatable bonds is 3. The first-order chi connectivity index (χ1) is 12.7. The third-order valence-electron chi connectivity index (χ3n) is 6.44. The number of piperidine rings is 3. The van der Waals surface area contributed by atoms with Crippen molar-refractivity contribution in [2.75, 3.05) is 31.1 Å². The van der Waals surface area contributed by atoms with Crippen LogP contribution in [0.5, 0.6) is 0 Å². The molecule has 2 amide bonds. The fourth-order valence-electron chi connectivity index (χ4n) is 4.84. The number of nitrogens with one attached hydrogen (secondary N) is 2. The second-order valence-corrected chi connectivity index (χ2v) is 8.03. The molecule has 0 aliphatic carbocycles. The number of benzene rings is 1. The van der Waals surface area contributed by atoms with Crippen LogP contribution in [-0.4, -0.2) is 38.0 Å². The Morgan fingerprint density at radius 1 is 0.923 bits per heavy atom. The Morgan fingerprint density at radius 2 is 1.69 bits per heavy atom. The lowest BCUT2D eigenvalue weighted by Crippen LogP contribution is -2.41. The molecule has 3 aliphatic heterocycles. The second-order valence-electron chi connectivity index (χ2n) is 8.03. The molecule has 5 heteroatoms. The third-order valence-corrected chi connectivity index (χ3v) is 6.44. The van der Waals surface area contributed by atoms with E-state index in [4.69, 9.17) is 0 Å². The standard InChI is InChI=1S/C21H29N3O2/c25-20-8-7-19(21(26)23-20)16-3-5-18(6-4-16)24-12-9-15(10-13-24)17-2-1-11-22-14-17/h3-6,15,17,19,22H,1-2,7-14H2,(H,23,25,26)/t17-,19?/m1/s1. The van der Waals surface area contributed by atoms with Gasteiger partial charge >= 0.3 is 0 Å². The van der Waals surface area contributed by atoms with Crippen molar-refractivity contribution in [3.05, 3.63) is 29.8 Å². The maximum atomic E-state index is 12.0. The van der Waals surface area contributed by atoms with Gasteiger partial charge in [-0.05, 0) is 74.7 Å². The summed E-state index contributed by atoms with van der Waals surface area (Å²) in [7, 11) is 0. The van der Waals surface area contributed by atoms with Gasteiger partial charge in [-0.15, -0.1) is 0 Å². The molecule has 1 aromatic rings. The van der Waals surface area contributed by atoms with E-state index in [-0.39, 0.29) is 17.7 Å².